The quantitative estimate of drug-likeness (QED) is 0.564. The second kappa shape index (κ2) is 8.84. The van der Waals surface area contributed by atoms with Crippen molar-refractivity contribution in [2.24, 2.45) is 0 Å². The molecule has 0 radical (unpaired) electrons. The number of benzene rings is 1. The van der Waals surface area contributed by atoms with Crippen molar-refractivity contribution in [1.82, 2.24) is 9.62 Å². The molecule has 0 atom stereocenters. The van der Waals surface area contributed by atoms with Crippen LogP contribution >= 0.6 is 0 Å². The summed E-state index contributed by atoms with van der Waals surface area (Å²) < 4.78 is 26.2. The lowest BCUT2D eigenvalue weighted by Gasteiger charge is -2.18. The van der Waals surface area contributed by atoms with E-state index in [0.29, 0.717) is 25.3 Å². The number of nitrogens with zero attached hydrogens (tertiary/aromatic N) is 1. The molecular weight excluding hydrogens is 306 g/mol. The number of nitrogens with one attached hydrogen (secondary N) is 2. The van der Waals surface area contributed by atoms with Crippen LogP contribution in [0.2, 0.25) is 0 Å². The molecule has 8 heteroatoms. The van der Waals surface area contributed by atoms with Gasteiger partial charge in [-0.3, -0.25) is 4.79 Å². The third kappa shape index (κ3) is 5.06. The molecule has 0 aliphatic heterocycles. The molecule has 0 aliphatic carbocycles. The normalized spacial score (nSPS) is 11.6. The molecule has 0 saturated carbocycles. The highest BCUT2D eigenvalue weighted by atomic mass is 32.2. The lowest BCUT2D eigenvalue weighted by atomic mass is 10.3. The number of hydrogen-bond donors (Lipinski definition) is 3. The molecule has 0 spiro atoms. The number of carbonyl (C=O) groups is 1. The van der Waals surface area contributed by atoms with E-state index in [1.807, 2.05) is 0 Å². The van der Waals surface area contributed by atoms with Crippen LogP contribution in [0.15, 0.2) is 29.2 Å². The van der Waals surface area contributed by atoms with Crippen LogP contribution in [0, 0.1) is 0 Å². The SMILES string of the molecule is CCN(CC)S(=O)(=O)c1cccc(NC(=O)CNCCO)c1. The van der Waals surface area contributed by atoms with Crippen LogP contribution in [0.1, 0.15) is 13.8 Å². The summed E-state index contributed by atoms with van der Waals surface area (Å²) in [5, 5.41) is 14.0. The molecule has 0 saturated heterocycles. The van der Waals surface area contributed by atoms with E-state index in [9.17, 15) is 13.2 Å². The van der Waals surface area contributed by atoms with E-state index in [1.54, 1.807) is 26.0 Å². The first-order chi connectivity index (χ1) is 10.5. The monoisotopic (exact) mass is 329 g/mol. The maximum atomic E-state index is 12.4. The van der Waals surface area contributed by atoms with Gasteiger partial charge in [0.2, 0.25) is 15.9 Å². The molecule has 1 amide bonds. The minimum Gasteiger partial charge on any atom is -0.395 e. The number of hydrogen-bond acceptors (Lipinski definition) is 5. The Morgan fingerprint density at radius 3 is 2.55 bits per heavy atom. The lowest BCUT2D eigenvalue weighted by Crippen LogP contribution is -2.31. The highest BCUT2D eigenvalue weighted by Crippen LogP contribution is 2.19. The van der Waals surface area contributed by atoms with Crippen molar-refractivity contribution in [2.75, 3.05) is 38.1 Å². The largest absolute Gasteiger partial charge is 0.395 e. The van der Waals surface area contributed by atoms with Gasteiger partial charge in [0.05, 0.1) is 18.0 Å². The van der Waals surface area contributed by atoms with Crippen molar-refractivity contribution in [2.45, 2.75) is 18.7 Å². The van der Waals surface area contributed by atoms with Crippen molar-refractivity contribution in [3.05, 3.63) is 24.3 Å². The van der Waals surface area contributed by atoms with Crippen molar-refractivity contribution < 1.29 is 18.3 Å². The molecule has 0 fully saturated rings. The van der Waals surface area contributed by atoms with Crippen LogP contribution in [0.4, 0.5) is 5.69 Å². The van der Waals surface area contributed by atoms with Gasteiger partial charge in [0.15, 0.2) is 0 Å². The molecule has 0 unspecified atom stereocenters. The summed E-state index contributed by atoms with van der Waals surface area (Å²) in [6.45, 7) is 4.66. The second-order valence-corrected chi connectivity index (χ2v) is 6.50. The zero-order valence-electron chi connectivity index (χ0n) is 12.9. The molecule has 0 heterocycles. The standard InChI is InChI=1S/C14H23N3O4S/c1-3-17(4-2)22(20,21)13-7-5-6-12(10-13)16-14(19)11-15-8-9-18/h5-7,10,15,18H,3-4,8-9,11H2,1-2H3,(H,16,19). The first-order valence-electron chi connectivity index (χ1n) is 7.17. The molecule has 1 aromatic carbocycles. The average Bonchev–Trinajstić information content (AvgIpc) is 2.48. The zero-order valence-corrected chi connectivity index (χ0v) is 13.7. The molecule has 124 valence electrons. The van der Waals surface area contributed by atoms with E-state index in [0.717, 1.165) is 0 Å². The molecular formula is C14H23N3O4S. The average molecular weight is 329 g/mol. The fourth-order valence-corrected chi connectivity index (χ4v) is 3.44. The summed E-state index contributed by atoms with van der Waals surface area (Å²) in [7, 11) is -3.55. The van der Waals surface area contributed by atoms with E-state index in [1.165, 1.54) is 16.4 Å². The Balaban J connectivity index is 2.84. The van der Waals surface area contributed by atoms with Crippen LogP contribution in [0.3, 0.4) is 0 Å². The minimum absolute atomic E-state index is 0.0492. The number of aliphatic hydroxyl groups excluding tert-OH is 1. The number of carbonyl (C=O) groups excluding carboxylic acids is 1. The Morgan fingerprint density at radius 2 is 1.95 bits per heavy atom. The van der Waals surface area contributed by atoms with Crippen molar-refractivity contribution in [1.29, 1.82) is 0 Å². The molecule has 3 N–H and O–H groups in total. The predicted molar refractivity (Wildman–Crippen MR) is 85.1 cm³/mol. The Morgan fingerprint density at radius 1 is 1.27 bits per heavy atom. The molecule has 1 rings (SSSR count). The van der Waals surface area contributed by atoms with Crippen molar-refractivity contribution >= 4 is 21.6 Å². The number of anilines is 1. The number of sulfonamides is 1. The lowest BCUT2D eigenvalue weighted by molar-refractivity contribution is -0.115. The molecule has 0 bridgehead atoms. The number of aliphatic hydroxyl groups is 1. The van der Waals surface area contributed by atoms with Crippen LogP contribution in [-0.4, -0.2) is 56.5 Å². The van der Waals surface area contributed by atoms with E-state index < -0.39 is 10.0 Å². The van der Waals surface area contributed by atoms with Gasteiger partial charge in [-0.2, -0.15) is 4.31 Å². The summed E-state index contributed by atoms with van der Waals surface area (Å²) in [4.78, 5) is 11.8. The topological polar surface area (TPSA) is 98.7 Å². The van der Waals surface area contributed by atoms with E-state index in [4.69, 9.17) is 5.11 Å². The highest BCUT2D eigenvalue weighted by Gasteiger charge is 2.21. The molecule has 22 heavy (non-hydrogen) atoms. The first-order valence-corrected chi connectivity index (χ1v) is 8.61. The van der Waals surface area contributed by atoms with E-state index >= 15 is 0 Å². The van der Waals surface area contributed by atoms with Crippen molar-refractivity contribution in [3.8, 4) is 0 Å². The smallest absolute Gasteiger partial charge is 0.243 e. The first kappa shape index (κ1) is 18.6. The van der Waals surface area contributed by atoms with Crippen LogP contribution < -0.4 is 10.6 Å². The zero-order chi connectivity index (χ0) is 16.6. The van der Waals surface area contributed by atoms with Crippen LogP contribution in [0.25, 0.3) is 0 Å². The Bertz CT molecular complexity index is 586. The van der Waals surface area contributed by atoms with Gasteiger partial charge in [0.25, 0.3) is 0 Å². The van der Waals surface area contributed by atoms with Gasteiger partial charge in [-0.25, -0.2) is 8.42 Å². The predicted octanol–water partition coefficient (Wildman–Crippen LogP) is 0.238. The summed E-state index contributed by atoms with van der Waals surface area (Å²) in [6.07, 6.45) is 0. The maximum absolute atomic E-state index is 12.4. The maximum Gasteiger partial charge on any atom is 0.243 e. The van der Waals surface area contributed by atoms with Gasteiger partial charge >= 0.3 is 0 Å². The van der Waals surface area contributed by atoms with Crippen molar-refractivity contribution in [3.63, 3.8) is 0 Å². The van der Waals surface area contributed by atoms with Gasteiger partial charge in [-0.05, 0) is 18.2 Å². The fraction of sp³-hybridized carbons (Fsp3) is 0.500. The highest BCUT2D eigenvalue weighted by molar-refractivity contribution is 7.89. The number of amides is 1. The molecule has 0 aliphatic rings. The molecule has 1 aromatic rings. The van der Waals surface area contributed by atoms with Crippen LogP contribution in [0.5, 0.6) is 0 Å². The third-order valence-electron chi connectivity index (χ3n) is 3.04. The fourth-order valence-electron chi connectivity index (χ4n) is 1.93. The summed E-state index contributed by atoms with van der Waals surface area (Å²) in [6, 6.07) is 6.17. The van der Waals surface area contributed by atoms with E-state index in [-0.39, 0.29) is 24.0 Å². The van der Waals surface area contributed by atoms with Gasteiger partial charge in [0.1, 0.15) is 0 Å². The van der Waals surface area contributed by atoms with E-state index in [2.05, 4.69) is 10.6 Å². The second-order valence-electron chi connectivity index (χ2n) is 4.57. The van der Waals surface area contributed by atoms with Gasteiger partial charge in [-0.1, -0.05) is 19.9 Å². The molecule has 7 nitrogen and oxygen atoms in total. The Labute approximate surface area is 131 Å². The third-order valence-corrected chi connectivity index (χ3v) is 5.08. The van der Waals surface area contributed by atoms with Gasteiger partial charge in [-0.15, -0.1) is 0 Å². The summed E-state index contributed by atoms with van der Waals surface area (Å²) in [5.74, 6) is -0.300. The number of rotatable bonds is 9. The Kier molecular flexibility index (Phi) is 7.46. The van der Waals surface area contributed by atoms with Gasteiger partial charge < -0.3 is 15.7 Å². The summed E-state index contributed by atoms with van der Waals surface area (Å²) >= 11 is 0. The van der Waals surface area contributed by atoms with Crippen LogP contribution in [-0.2, 0) is 14.8 Å². The minimum atomic E-state index is -3.55. The summed E-state index contributed by atoms with van der Waals surface area (Å²) in [5.41, 5.74) is 0.420. The Hall–Kier alpha value is -1.48. The van der Waals surface area contributed by atoms with Gasteiger partial charge in [0, 0.05) is 25.3 Å². The molecule has 0 aromatic heterocycles.